The smallest absolute Gasteiger partial charge is 0.269 e. The van der Waals surface area contributed by atoms with E-state index < -0.39 is 10.3 Å². The Balaban J connectivity index is 2.93. The minimum absolute atomic E-state index is 0.715. The minimum atomic E-state index is -4.13. The van der Waals surface area contributed by atoms with Gasteiger partial charge in [-0.3, -0.25) is 4.55 Å². The number of hydrogen-bond donors (Lipinski definition) is 1. The molecular formula is C6H7NO3S. The molecule has 0 saturated carbocycles. The van der Waals surface area contributed by atoms with E-state index in [-0.39, 0.29) is 0 Å². The quantitative estimate of drug-likeness (QED) is 0.593. The van der Waals surface area contributed by atoms with Crippen molar-refractivity contribution in [2.45, 2.75) is 0 Å². The van der Waals surface area contributed by atoms with E-state index in [1.54, 1.807) is 12.2 Å². The van der Waals surface area contributed by atoms with Crippen molar-refractivity contribution < 1.29 is 13.0 Å². The first-order valence-electron chi connectivity index (χ1n) is 2.88. The maximum atomic E-state index is 10.5. The molecule has 0 aromatic heterocycles. The number of allylic oxidation sites excluding steroid dienone is 4. The molecule has 11 heavy (non-hydrogen) atoms. The van der Waals surface area contributed by atoms with Gasteiger partial charge in [-0.1, -0.05) is 12.2 Å². The summed E-state index contributed by atoms with van der Waals surface area (Å²) in [7, 11) is -4.13. The monoisotopic (exact) mass is 173 g/mol. The number of rotatable bonds is 1. The normalized spacial score (nSPS) is 17.0. The average molecular weight is 173 g/mol. The second-order valence-electron chi connectivity index (χ2n) is 1.88. The molecule has 0 unspecified atom stereocenters. The summed E-state index contributed by atoms with van der Waals surface area (Å²) in [4.78, 5) is 0. The average Bonchev–Trinajstić information content (AvgIpc) is 2.10. The third-order valence-corrected chi connectivity index (χ3v) is 1.84. The molecule has 1 heterocycles. The molecule has 0 aliphatic carbocycles. The van der Waals surface area contributed by atoms with Crippen LogP contribution in [0.5, 0.6) is 0 Å². The summed E-state index contributed by atoms with van der Waals surface area (Å²) >= 11 is 0. The lowest BCUT2D eigenvalue weighted by molar-refractivity contribution is 0.439. The summed E-state index contributed by atoms with van der Waals surface area (Å²) in [5, 5.41) is 0. The van der Waals surface area contributed by atoms with E-state index in [1.165, 1.54) is 24.6 Å². The first kappa shape index (κ1) is 8.03. The molecule has 0 saturated heterocycles. The lowest BCUT2D eigenvalue weighted by atomic mass is 10.5. The summed E-state index contributed by atoms with van der Waals surface area (Å²) in [6.45, 7) is 0. The van der Waals surface area contributed by atoms with Gasteiger partial charge in [0.15, 0.2) is 0 Å². The van der Waals surface area contributed by atoms with Crippen LogP contribution >= 0.6 is 0 Å². The fraction of sp³-hybridized carbons (Fsp3) is 0. The molecule has 1 rings (SSSR count). The van der Waals surface area contributed by atoms with E-state index in [1.807, 2.05) is 0 Å². The Labute approximate surface area is 65.0 Å². The third kappa shape index (κ3) is 2.21. The van der Waals surface area contributed by atoms with Gasteiger partial charge >= 0.3 is 10.3 Å². The Morgan fingerprint density at radius 1 is 1.00 bits per heavy atom. The predicted octanol–water partition coefficient (Wildman–Crippen LogP) is 0.688. The largest absolute Gasteiger partial charge is 0.363 e. The van der Waals surface area contributed by atoms with Crippen LogP contribution in [0, 0.1) is 0 Å². The van der Waals surface area contributed by atoms with E-state index in [0.29, 0.717) is 4.31 Å². The molecule has 0 atom stereocenters. The van der Waals surface area contributed by atoms with Crippen molar-refractivity contribution in [2.24, 2.45) is 0 Å². The van der Waals surface area contributed by atoms with Gasteiger partial charge in [-0.05, 0) is 12.2 Å². The summed E-state index contributed by atoms with van der Waals surface area (Å²) in [6.07, 6.45) is 8.82. The van der Waals surface area contributed by atoms with Gasteiger partial charge < -0.3 is 0 Å². The standard InChI is InChI=1S/C6H7NO3S/c8-11(9,10)7-5-3-1-2-4-6-7/h1-6H,(H,8,9,10). The van der Waals surface area contributed by atoms with Gasteiger partial charge in [-0.25, -0.2) is 4.31 Å². The van der Waals surface area contributed by atoms with Crippen molar-refractivity contribution >= 4 is 10.3 Å². The van der Waals surface area contributed by atoms with Crippen LogP contribution in [0.1, 0.15) is 0 Å². The Hall–Kier alpha value is -1.07. The van der Waals surface area contributed by atoms with Crippen LogP contribution in [-0.4, -0.2) is 17.3 Å². The van der Waals surface area contributed by atoms with Crippen molar-refractivity contribution in [1.82, 2.24) is 4.31 Å². The molecule has 4 nitrogen and oxygen atoms in total. The van der Waals surface area contributed by atoms with Crippen LogP contribution < -0.4 is 0 Å². The molecule has 0 aromatic rings. The van der Waals surface area contributed by atoms with Crippen LogP contribution in [0.15, 0.2) is 36.7 Å². The zero-order valence-corrected chi connectivity index (χ0v) is 6.40. The molecule has 1 aliphatic rings. The molecule has 0 aromatic carbocycles. The Kier molecular flexibility index (Phi) is 2.11. The SMILES string of the molecule is O=S(=O)(O)N1C=CC=CC=C1. The molecule has 1 aliphatic heterocycles. The molecule has 0 radical (unpaired) electrons. The van der Waals surface area contributed by atoms with Gasteiger partial charge in [0.05, 0.1) is 0 Å². The second kappa shape index (κ2) is 2.89. The Bertz CT molecular complexity index is 297. The molecule has 1 N–H and O–H groups in total. The molecule has 0 spiro atoms. The zero-order chi connectivity index (χ0) is 8.32. The Morgan fingerprint density at radius 2 is 1.45 bits per heavy atom. The highest BCUT2D eigenvalue weighted by molar-refractivity contribution is 7.83. The van der Waals surface area contributed by atoms with Crippen molar-refractivity contribution in [2.75, 3.05) is 0 Å². The Morgan fingerprint density at radius 3 is 1.82 bits per heavy atom. The van der Waals surface area contributed by atoms with Crippen LogP contribution in [0.2, 0.25) is 0 Å². The van der Waals surface area contributed by atoms with Crippen molar-refractivity contribution in [3.8, 4) is 0 Å². The molecule has 0 fully saturated rings. The fourth-order valence-corrected chi connectivity index (χ4v) is 1.05. The van der Waals surface area contributed by atoms with Crippen molar-refractivity contribution in [3.63, 3.8) is 0 Å². The molecule has 0 bridgehead atoms. The van der Waals surface area contributed by atoms with E-state index in [9.17, 15) is 8.42 Å². The van der Waals surface area contributed by atoms with Gasteiger partial charge in [0.25, 0.3) is 0 Å². The highest BCUT2D eigenvalue weighted by Crippen LogP contribution is 2.02. The van der Waals surface area contributed by atoms with Crippen LogP contribution in [0.3, 0.4) is 0 Å². The van der Waals surface area contributed by atoms with Gasteiger partial charge in [-0.2, -0.15) is 8.42 Å². The minimum Gasteiger partial charge on any atom is -0.269 e. The second-order valence-corrected chi connectivity index (χ2v) is 3.19. The van der Waals surface area contributed by atoms with Crippen LogP contribution in [-0.2, 0) is 10.3 Å². The summed E-state index contributed by atoms with van der Waals surface area (Å²) in [5.41, 5.74) is 0. The maximum Gasteiger partial charge on any atom is 0.363 e. The van der Waals surface area contributed by atoms with Crippen molar-refractivity contribution in [1.29, 1.82) is 0 Å². The highest BCUT2D eigenvalue weighted by Gasteiger charge is 2.10. The summed E-state index contributed by atoms with van der Waals surface area (Å²) < 4.78 is 30.2. The first-order chi connectivity index (χ1) is 5.11. The topological polar surface area (TPSA) is 57.6 Å². The lowest BCUT2D eigenvalue weighted by Crippen LogP contribution is -2.18. The zero-order valence-electron chi connectivity index (χ0n) is 5.58. The summed E-state index contributed by atoms with van der Waals surface area (Å²) in [6, 6.07) is 0. The first-order valence-corrected chi connectivity index (χ1v) is 4.28. The van der Waals surface area contributed by atoms with Gasteiger partial charge in [0, 0.05) is 12.4 Å². The highest BCUT2D eigenvalue weighted by atomic mass is 32.2. The van der Waals surface area contributed by atoms with E-state index in [4.69, 9.17) is 4.55 Å². The molecule has 0 amide bonds. The van der Waals surface area contributed by atoms with Gasteiger partial charge in [0.2, 0.25) is 0 Å². The van der Waals surface area contributed by atoms with Crippen molar-refractivity contribution in [3.05, 3.63) is 36.7 Å². The van der Waals surface area contributed by atoms with E-state index in [2.05, 4.69) is 0 Å². The molecule has 60 valence electrons. The van der Waals surface area contributed by atoms with Gasteiger partial charge in [0.1, 0.15) is 0 Å². The number of hydrogen-bond acceptors (Lipinski definition) is 2. The predicted molar refractivity (Wildman–Crippen MR) is 40.8 cm³/mol. The molecule has 5 heteroatoms. The maximum absolute atomic E-state index is 10.5. The van der Waals surface area contributed by atoms with Gasteiger partial charge in [-0.15, -0.1) is 0 Å². The van der Waals surface area contributed by atoms with E-state index in [0.717, 1.165) is 0 Å². The molecular weight excluding hydrogens is 166 g/mol. The van der Waals surface area contributed by atoms with Crippen LogP contribution in [0.4, 0.5) is 0 Å². The fourth-order valence-electron chi connectivity index (χ4n) is 0.601. The lowest BCUT2D eigenvalue weighted by Gasteiger charge is -2.08. The number of nitrogens with zero attached hydrogens (tertiary/aromatic N) is 1. The summed E-state index contributed by atoms with van der Waals surface area (Å²) in [5.74, 6) is 0. The van der Waals surface area contributed by atoms with Crippen LogP contribution in [0.25, 0.3) is 0 Å². The van der Waals surface area contributed by atoms with E-state index >= 15 is 0 Å². The third-order valence-electron chi connectivity index (χ3n) is 1.07.